The minimum Gasteiger partial charge on any atom is -0.381 e. The first kappa shape index (κ1) is 15.4. The van der Waals surface area contributed by atoms with Crippen molar-refractivity contribution in [3.8, 4) is 11.3 Å². The average molecular weight is 326 g/mol. The van der Waals surface area contributed by atoms with Gasteiger partial charge in [0.2, 0.25) is 5.76 Å². The zero-order valence-corrected chi connectivity index (χ0v) is 13.9. The van der Waals surface area contributed by atoms with Gasteiger partial charge >= 0.3 is 0 Å². The summed E-state index contributed by atoms with van der Waals surface area (Å²) in [6, 6.07) is 10.2. The average Bonchev–Trinajstić information content (AvgIpc) is 3.10. The second kappa shape index (κ2) is 6.40. The van der Waals surface area contributed by atoms with Crippen molar-refractivity contribution in [3.05, 3.63) is 41.7 Å². The van der Waals surface area contributed by atoms with Crippen LogP contribution in [0, 0.1) is 12.8 Å². The molecule has 2 heterocycles. The van der Waals surface area contributed by atoms with Gasteiger partial charge in [-0.3, -0.25) is 4.79 Å². The van der Waals surface area contributed by atoms with Crippen LogP contribution in [0.5, 0.6) is 0 Å². The predicted molar refractivity (Wildman–Crippen MR) is 89.7 cm³/mol. The van der Waals surface area contributed by atoms with Gasteiger partial charge in [-0.25, -0.2) is 0 Å². The van der Waals surface area contributed by atoms with E-state index in [1.54, 1.807) is 6.07 Å². The van der Waals surface area contributed by atoms with E-state index in [2.05, 4.69) is 5.16 Å². The van der Waals surface area contributed by atoms with Crippen LogP contribution in [-0.2, 0) is 4.74 Å². The van der Waals surface area contributed by atoms with Gasteiger partial charge in [0.05, 0.1) is 6.61 Å². The van der Waals surface area contributed by atoms with E-state index in [4.69, 9.17) is 9.26 Å². The summed E-state index contributed by atoms with van der Waals surface area (Å²) in [6.07, 6.45) is 3.19. The van der Waals surface area contributed by atoms with Crippen LogP contribution in [0.1, 0.15) is 35.4 Å². The first-order valence-corrected chi connectivity index (χ1v) is 8.63. The van der Waals surface area contributed by atoms with E-state index < -0.39 is 0 Å². The fourth-order valence-electron chi connectivity index (χ4n) is 3.17. The third kappa shape index (κ3) is 3.22. The number of aryl methyl sites for hydroxylation is 1. The number of benzene rings is 1. The Labute approximate surface area is 141 Å². The first-order chi connectivity index (χ1) is 11.7. The highest BCUT2D eigenvalue weighted by Crippen LogP contribution is 2.31. The maximum absolute atomic E-state index is 12.9. The van der Waals surface area contributed by atoms with E-state index in [1.807, 2.05) is 36.1 Å². The molecule has 0 radical (unpaired) electrons. The van der Waals surface area contributed by atoms with Crippen LogP contribution >= 0.6 is 0 Å². The predicted octanol–water partition coefficient (Wildman–Crippen LogP) is 3.29. The lowest BCUT2D eigenvalue weighted by molar-refractivity contribution is 0.0664. The standard InChI is InChI=1S/C19H22N2O3/c1-13-2-4-15(5-3-13)17-10-18(24-20-17)19(22)21(16-6-7-16)11-14-8-9-23-12-14/h2-5,10,14,16H,6-9,11-12H2,1H3/t14-/m0/s1. The van der Waals surface area contributed by atoms with E-state index in [-0.39, 0.29) is 5.91 Å². The number of aromatic nitrogens is 1. The Bertz CT molecular complexity index is 712. The van der Waals surface area contributed by atoms with Crippen molar-refractivity contribution in [1.29, 1.82) is 0 Å². The number of amides is 1. The van der Waals surface area contributed by atoms with Gasteiger partial charge in [-0.2, -0.15) is 0 Å². The van der Waals surface area contributed by atoms with Crippen LogP contribution in [-0.4, -0.2) is 41.8 Å². The summed E-state index contributed by atoms with van der Waals surface area (Å²) >= 11 is 0. The van der Waals surface area contributed by atoms with Crippen molar-refractivity contribution in [2.45, 2.75) is 32.2 Å². The van der Waals surface area contributed by atoms with Gasteiger partial charge < -0.3 is 14.2 Å². The van der Waals surface area contributed by atoms with Crippen LogP contribution in [0.2, 0.25) is 0 Å². The molecule has 2 aromatic rings. The molecule has 0 spiro atoms. The molecule has 5 nitrogen and oxygen atoms in total. The summed E-state index contributed by atoms with van der Waals surface area (Å²) in [5, 5.41) is 4.08. The number of hydrogen-bond donors (Lipinski definition) is 0. The summed E-state index contributed by atoms with van der Waals surface area (Å²) in [5.41, 5.74) is 2.86. The third-order valence-electron chi connectivity index (χ3n) is 4.80. The maximum Gasteiger partial charge on any atom is 0.292 e. The summed E-state index contributed by atoms with van der Waals surface area (Å²) in [7, 11) is 0. The van der Waals surface area contributed by atoms with Gasteiger partial charge in [-0.15, -0.1) is 0 Å². The molecule has 1 aliphatic carbocycles. The van der Waals surface area contributed by atoms with Crippen LogP contribution in [0.3, 0.4) is 0 Å². The molecule has 1 saturated carbocycles. The van der Waals surface area contributed by atoms with Crippen molar-refractivity contribution in [1.82, 2.24) is 10.1 Å². The SMILES string of the molecule is Cc1ccc(-c2cc(C(=O)N(C[C@@H]3CCOC3)C3CC3)on2)cc1. The van der Waals surface area contributed by atoms with E-state index in [0.29, 0.717) is 23.4 Å². The molecule has 0 unspecified atom stereocenters. The second-order valence-electron chi connectivity index (χ2n) is 6.86. The van der Waals surface area contributed by atoms with E-state index >= 15 is 0 Å². The summed E-state index contributed by atoms with van der Waals surface area (Å²) in [6.45, 7) is 4.35. The number of hydrogen-bond acceptors (Lipinski definition) is 4. The van der Waals surface area contributed by atoms with E-state index in [9.17, 15) is 4.79 Å². The van der Waals surface area contributed by atoms with Crippen LogP contribution in [0.25, 0.3) is 11.3 Å². The molecule has 1 aromatic heterocycles. The molecule has 2 fully saturated rings. The Hall–Kier alpha value is -2.14. The molecule has 0 bridgehead atoms. The Morgan fingerprint density at radius 3 is 2.71 bits per heavy atom. The zero-order valence-electron chi connectivity index (χ0n) is 13.9. The molecule has 2 aliphatic rings. The minimum absolute atomic E-state index is 0.0461. The van der Waals surface area contributed by atoms with E-state index in [0.717, 1.165) is 44.6 Å². The molecule has 1 saturated heterocycles. The smallest absolute Gasteiger partial charge is 0.292 e. The number of nitrogens with zero attached hydrogens (tertiary/aromatic N) is 2. The molecule has 1 aliphatic heterocycles. The number of ether oxygens (including phenoxy) is 1. The van der Waals surface area contributed by atoms with Crippen molar-refractivity contribution >= 4 is 5.91 Å². The van der Waals surface area contributed by atoms with Gasteiger partial charge in [0, 0.05) is 36.7 Å². The molecule has 1 atom stereocenters. The lowest BCUT2D eigenvalue weighted by atomic mass is 10.1. The summed E-state index contributed by atoms with van der Waals surface area (Å²) < 4.78 is 10.8. The molecule has 24 heavy (non-hydrogen) atoms. The normalized spacial score (nSPS) is 20.3. The van der Waals surface area contributed by atoms with E-state index in [1.165, 1.54) is 5.56 Å². The fourth-order valence-corrected chi connectivity index (χ4v) is 3.17. The van der Waals surface area contributed by atoms with Crippen molar-refractivity contribution < 1.29 is 14.1 Å². The topological polar surface area (TPSA) is 55.6 Å². The van der Waals surface area contributed by atoms with Gasteiger partial charge in [0.1, 0.15) is 5.69 Å². The molecule has 5 heteroatoms. The van der Waals surface area contributed by atoms with Crippen molar-refractivity contribution in [2.75, 3.05) is 19.8 Å². The highest BCUT2D eigenvalue weighted by molar-refractivity contribution is 5.92. The lowest BCUT2D eigenvalue weighted by Crippen LogP contribution is -2.37. The van der Waals surface area contributed by atoms with Gasteiger partial charge in [0.25, 0.3) is 5.91 Å². The number of carbonyl (C=O) groups is 1. The highest BCUT2D eigenvalue weighted by atomic mass is 16.5. The number of rotatable bonds is 5. The fraction of sp³-hybridized carbons (Fsp3) is 0.474. The minimum atomic E-state index is -0.0461. The number of carbonyl (C=O) groups excluding carboxylic acids is 1. The lowest BCUT2D eigenvalue weighted by Gasteiger charge is -2.23. The Kier molecular flexibility index (Phi) is 4.10. The largest absolute Gasteiger partial charge is 0.381 e. The monoisotopic (exact) mass is 326 g/mol. The molecule has 4 rings (SSSR count). The van der Waals surface area contributed by atoms with Crippen molar-refractivity contribution in [3.63, 3.8) is 0 Å². The maximum atomic E-state index is 12.9. The Balaban J connectivity index is 1.51. The van der Waals surface area contributed by atoms with Crippen molar-refractivity contribution in [2.24, 2.45) is 5.92 Å². The molecule has 1 amide bonds. The molecular weight excluding hydrogens is 304 g/mol. The second-order valence-corrected chi connectivity index (χ2v) is 6.86. The highest BCUT2D eigenvalue weighted by Gasteiger charge is 2.36. The third-order valence-corrected chi connectivity index (χ3v) is 4.80. The molecule has 1 aromatic carbocycles. The summed E-state index contributed by atoms with van der Waals surface area (Å²) in [5.74, 6) is 0.723. The van der Waals surface area contributed by atoms with Gasteiger partial charge in [0.15, 0.2) is 0 Å². The van der Waals surface area contributed by atoms with Crippen LogP contribution < -0.4 is 0 Å². The zero-order chi connectivity index (χ0) is 16.5. The quantitative estimate of drug-likeness (QED) is 0.846. The Morgan fingerprint density at radius 2 is 2.04 bits per heavy atom. The molecular formula is C19H22N2O3. The van der Waals surface area contributed by atoms with Gasteiger partial charge in [-0.1, -0.05) is 35.0 Å². The first-order valence-electron chi connectivity index (χ1n) is 8.63. The molecule has 126 valence electrons. The summed E-state index contributed by atoms with van der Waals surface area (Å²) in [4.78, 5) is 14.8. The molecule has 0 N–H and O–H groups in total. The van der Waals surface area contributed by atoms with Gasteiger partial charge in [-0.05, 0) is 26.2 Å². The van der Waals surface area contributed by atoms with Crippen LogP contribution in [0.4, 0.5) is 0 Å². The van der Waals surface area contributed by atoms with Crippen LogP contribution in [0.15, 0.2) is 34.9 Å². The Morgan fingerprint density at radius 1 is 1.25 bits per heavy atom.